The Morgan fingerprint density at radius 3 is 2.47 bits per heavy atom. The Kier molecular flexibility index (Phi) is 3.88. The summed E-state index contributed by atoms with van der Waals surface area (Å²) in [4.78, 5) is 1.29. The SMILES string of the molecule is CNc1ccc(SN2CCOCC2)cc1. The number of anilines is 1. The van der Waals surface area contributed by atoms with Crippen LogP contribution in [0.3, 0.4) is 0 Å². The lowest BCUT2D eigenvalue weighted by Crippen LogP contribution is -2.30. The summed E-state index contributed by atoms with van der Waals surface area (Å²) in [7, 11) is 1.93. The minimum Gasteiger partial charge on any atom is -0.388 e. The van der Waals surface area contributed by atoms with E-state index in [0.29, 0.717) is 0 Å². The molecular weight excluding hydrogens is 208 g/mol. The average molecular weight is 224 g/mol. The van der Waals surface area contributed by atoms with Crippen LogP contribution in [0, 0.1) is 0 Å². The van der Waals surface area contributed by atoms with Crippen molar-refractivity contribution < 1.29 is 4.74 Å². The number of ether oxygens (including phenoxy) is 1. The maximum Gasteiger partial charge on any atom is 0.0603 e. The molecule has 3 nitrogen and oxygen atoms in total. The fourth-order valence-corrected chi connectivity index (χ4v) is 2.36. The molecule has 1 aliphatic heterocycles. The summed E-state index contributed by atoms with van der Waals surface area (Å²) in [5.74, 6) is 0. The second kappa shape index (κ2) is 5.39. The van der Waals surface area contributed by atoms with Crippen LogP contribution in [0.1, 0.15) is 0 Å². The van der Waals surface area contributed by atoms with Gasteiger partial charge >= 0.3 is 0 Å². The number of morpholine rings is 1. The fourth-order valence-electron chi connectivity index (χ4n) is 1.47. The maximum atomic E-state index is 5.31. The summed E-state index contributed by atoms with van der Waals surface area (Å²) >= 11 is 1.81. The van der Waals surface area contributed by atoms with Gasteiger partial charge in [-0.25, -0.2) is 4.31 Å². The van der Waals surface area contributed by atoms with Gasteiger partial charge in [-0.05, 0) is 36.2 Å². The highest BCUT2D eigenvalue weighted by Gasteiger charge is 2.11. The Morgan fingerprint density at radius 2 is 1.87 bits per heavy atom. The molecular formula is C11H16N2OS. The first-order chi connectivity index (χ1) is 7.38. The molecule has 2 rings (SSSR count). The van der Waals surface area contributed by atoms with Crippen LogP contribution in [0.25, 0.3) is 0 Å². The highest BCUT2D eigenvalue weighted by molar-refractivity contribution is 7.97. The second-order valence-electron chi connectivity index (χ2n) is 3.41. The molecule has 1 saturated heterocycles. The molecule has 0 saturated carbocycles. The van der Waals surface area contributed by atoms with Gasteiger partial charge in [-0.3, -0.25) is 0 Å². The molecule has 1 aliphatic rings. The van der Waals surface area contributed by atoms with Gasteiger partial charge in [0, 0.05) is 30.7 Å². The summed E-state index contributed by atoms with van der Waals surface area (Å²) in [6, 6.07) is 8.49. The zero-order valence-electron chi connectivity index (χ0n) is 8.90. The highest BCUT2D eigenvalue weighted by atomic mass is 32.2. The largest absolute Gasteiger partial charge is 0.388 e. The zero-order valence-corrected chi connectivity index (χ0v) is 9.72. The Balaban J connectivity index is 1.91. The third-order valence-electron chi connectivity index (χ3n) is 2.35. The van der Waals surface area contributed by atoms with E-state index in [2.05, 4.69) is 33.9 Å². The van der Waals surface area contributed by atoms with E-state index in [1.54, 1.807) is 0 Å². The van der Waals surface area contributed by atoms with E-state index < -0.39 is 0 Å². The molecule has 0 atom stereocenters. The van der Waals surface area contributed by atoms with Gasteiger partial charge in [0.2, 0.25) is 0 Å². The summed E-state index contributed by atoms with van der Waals surface area (Å²) in [6.45, 7) is 3.72. The van der Waals surface area contributed by atoms with E-state index >= 15 is 0 Å². The summed E-state index contributed by atoms with van der Waals surface area (Å²) in [6.07, 6.45) is 0. The molecule has 15 heavy (non-hydrogen) atoms. The van der Waals surface area contributed by atoms with Crippen molar-refractivity contribution in [2.24, 2.45) is 0 Å². The molecule has 1 aromatic carbocycles. The normalized spacial score (nSPS) is 17.7. The van der Waals surface area contributed by atoms with Crippen LogP contribution in [0.15, 0.2) is 29.2 Å². The Bertz CT molecular complexity index is 296. The Morgan fingerprint density at radius 1 is 1.20 bits per heavy atom. The third-order valence-corrected chi connectivity index (χ3v) is 3.45. The lowest BCUT2D eigenvalue weighted by atomic mass is 10.3. The van der Waals surface area contributed by atoms with Gasteiger partial charge in [0.1, 0.15) is 0 Å². The molecule has 1 aromatic rings. The standard InChI is InChI=1S/C11H16N2OS/c1-12-10-2-4-11(5-3-10)15-13-6-8-14-9-7-13/h2-5,12H,6-9H2,1H3. The van der Waals surface area contributed by atoms with Crippen molar-refractivity contribution in [3.8, 4) is 0 Å². The van der Waals surface area contributed by atoms with Gasteiger partial charge in [-0.2, -0.15) is 0 Å². The van der Waals surface area contributed by atoms with Gasteiger partial charge in [-0.15, -0.1) is 0 Å². The van der Waals surface area contributed by atoms with Crippen LogP contribution in [0.4, 0.5) is 5.69 Å². The van der Waals surface area contributed by atoms with Crippen molar-refractivity contribution >= 4 is 17.6 Å². The van der Waals surface area contributed by atoms with Crippen molar-refractivity contribution in [2.75, 3.05) is 38.7 Å². The molecule has 0 spiro atoms. The molecule has 0 aromatic heterocycles. The van der Waals surface area contributed by atoms with E-state index in [0.717, 1.165) is 32.0 Å². The van der Waals surface area contributed by atoms with Crippen LogP contribution in [0.5, 0.6) is 0 Å². The number of hydrogen-bond acceptors (Lipinski definition) is 4. The average Bonchev–Trinajstić information content (AvgIpc) is 2.31. The minimum absolute atomic E-state index is 0.849. The smallest absolute Gasteiger partial charge is 0.0603 e. The van der Waals surface area contributed by atoms with Crippen molar-refractivity contribution in [2.45, 2.75) is 4.90 Å². The molecule has 0 unspecified atom stereocenters. The van der Waals surface area contributed by atoms with Crippen molar-refractivity contribution in [3.05, 3.63) is 24.3 Å². The van der Waals surface area contributed by atoms with Crippen LogP contribution in [-0.2, 0) is 4.74 Å². The lowest BCUT2D eigenvalue weighted by molar-refractivity contribution is 0.0773. The van der Waals surface area contributed by atoms with Crippen LogP contribution in [0.2, 0.25) is 0 Å². The Labute approximate surface area is 94.9 Å². The van der Waals surface area contributed by atoms with Crippen LogP contribution < -0.4 is 5.32 Å². The lowest BCUT2D eigenvalue weighted by Gasteiger charge is -2.25. The number of hydrogen-bond donors (Lipinski definition) is 1. The summed E-state index contributed by atoms with van der Waals surface area (Å²) in [5.41, 5.74) is 1.15. The van der Waals surface area contributed by atoms with Crippen LogP contribution in [-0.4, -0.2) is 37.7 Å². The van der Waals surface area contributed by atoms with Crippen molar-refractivity contribution in [1.29, 1.82) is 0 Å². The fraction of sp³-hybridized carbons (Fsp3) is 0.455. The quantitative estimate of drug-likeness (QED) is 0.794. The monoisotopic (exact) mass is 224 g/mol. The van der Waals surface area contributed by atoms with E-state index in [9.17, 15) is 0 Å². The minimum atomic E-state index is 0.849. The van der Waals surface area contributed by atoms with E-state index in [-0.39, 0.29) is 0 Å². The van der Waals surface area contributed by atoms with E-state index in [1.165, 1.54) is 4.90 Å². The summed E-state index contributed by atoms with van der Waals surface area (Å²) < 4.78 is 7.65. The second-order valence-corrected chi connectivity index (χ2v) is 4.58. The first-order valence-corrected chi connectivity index (χ1v) is 5.94. The Hall–Kier alpha value is -0.710. The van der Waals surface area contributed by atoms with E-state index in [1.807, 2.05) is 19.0 Å². The van der Waals surface area contributed by atoms with Gasteiger partial charge in [0.05, 0.1) is 13.2 Å². The highest BCUT2D eigenvalue weighted by Crippen LogP contribution is 2.24. The molecule has 0 bridgehead atoms. The summed E-state index contributed by atoms with van der Waals surface area (Å²) in [5, 5.41) is 3.11. The van der Waals surface area contributed by atoms with Crippen molar-refractivity contribution in [3.63, 3.8) is 0 Å². The van der Waals surface area contributed by atoms with Crippen LogP contribution >= 0.6 is 11.9 Å². The molecule has 0 radical (unpaired) electrons. The van der Waals surface area contributed by atoms with Gasteiger partial charge in [0.25, 0.3) is 0 Å². The maximum absolute atomic E-state index is 5.31. The molecule has 82 valence electrons. The molecule has 1 fully saturated rings. The molecule has 0 amide bonds. The van der Waals surface area contributed by atoms with Gasteiger partial charge in [-0.1, -0.05) is 0 Å². The number of rotatable bonds is 3. The predicted octanol–water partition coefficient (Wildman–Crippen LogP) is 2.07. The van der Waals surface area contributed by atoms with Gasteiger partial charge in [0.15, 0.2) is 0 Å². The molecule has 4 heteroatoms. The first-order valence-electron chi connectivity index (χ1n) is 5.17. The molecule has 1 heterocycles. The number of nitrogens with zero attached hydrogens (tertiary/aromatic N) is 1. The number of benzene rings is 1. The zero-order chi connectivity index (χ0) is 10.5. The molecule has 1 N–H and O–H groups in total. The number of nitrogens with one attached hydrogen (secondary N) is 1. The molecule has 0 aliphatic carbocycles. The van der Waals surface area contributed by atoms with E-state index in [4.69, 9.17) is 4.74 Å². The van der Waals surface area contributed by atoms with Crippen molar-refractivity contribution in [1.82, 2.24) is 4.31 Å². The van der Waals surface area contributed by atoms with Gasteiger partial charge < -0.3 is 10.1 Å². The topological polar surface area (TPSA) is 24.5 Å². The predicted molar refractivity (Wildman–Crippen MR) is 64.2 cm³/mol. The first kappa shape index (κ1) is 10.8. The third kappa shape index (κ3) is 3.12.